The van der Waals surface area contributed by atoms with E-state index in [1.54, 1.807) is 21.3 Å². The standard InChI is InChI=1S/C14H32O5Si/c1-5-10-18-11-6-7-12-19-13-8-9-14-20(15-2,16-3)17-4/h5-14H2,1-4H3. The molecule has 0 fully saturated rings. The quantitative estimate of drug-likeness (QED) is 0.344. The molecule has 0 N–H and O–H groups in total. The Balaban J connectivity index is 3.32. The number of rotatable bonds is 15. The van der Waals surface area contributed by atoms with Crippen molar-refractivity contribution >= 4 is 8.80 Å². The topological polar surface area (TPSA) is 46.2 Å². The summed E-state index contributed by atoms with van der Waals surface area (Å²) >= 11 is 0. The normalized spacial score (nSPS) is 12.0. The molecule has 0 aromatic rings. The van der Waals surface area contributed by atoms with Crippen LogP contribution in [-0.2, 0) is 22.8 Å². The van der Waals surface area contributed by atoms with E-state index >= 15 is 0 Å². The Morgan fingerprint density at radius 2 is 1.10 bits per heavy atom. The van der Waals surface area contributed by atoms with Gasteiger partial charge in [0, 0.05) is 53.8 Å². The predicted octanol–water partition coefficient (Wildman–Crippen LogP) is 2.87. The molecule has 0 rings (SSSR count). The highest BCUT2D eigenvalue weighted by Gasteiger charge is 2.36. The first kappa shape index (κ1) is 20.0. The molecule has 0 bridgehead atoms. The van der Waals surface area contributed by atoms with Crippen LogP contribution in [0.5, 0.6) is 0 Å². The molecule has 0 atom stereocenters. The monoisotopic (exact) mass is 308 g/mol. The van der Waals surface area contributed by atoms with Gasteiger partial charge in [0.25, 0.3) is 0 Å². The van der Waals surface area contributed by atoms with Gasteiger partial charge in [-0.15, -0.1) is 0 Å². The lowest BCUT2D eigenvalue weighted by Crippen LogP contribution is -2.42. The molecule has 6 heteroatoms. The Bertz CT molecular complexity index is 192. The van der Waals surface area contributed by atoms with E-state index in [0.717, 1.165) is 64.6 Å². The Hall–Kier alpha value is 0.0169. The van der Waals surface area contributed by atoms with Crippen LogP contribution in [-0.4, -0.2) is 56.6 Å². The number of hydrogen-bond donors (Lipinski definition) is 0. The van der Waals surface area contributed by atoms with Gasteiger partial charge in [0.2, 0.25) is 0 Å². The van der Waals surface area contributed by atoms with Gasteiger partial charge >= 0.3 is 8.80 Å². The van der Waals surface area contributed by atoms with Gasteiger partial charge < -0.3 is 22.8 Å². The second-order valence-electron chi connectivity index (χ2n) is 4.68. The Labute approximate surface area is 125 Å². The predicted molar refractivity (Wildman–Crippen MR) is 82.0 cm³/mol. The van der Waals surface area contributed by atoms with E-state index in [0.29, 0.717) is 0 Å². The summed E-state index contributed by atoms with van der Waals surface area (Å²) in [6.07, 6.45) is 5.24. The van der Waals surface area contributed by atoms with Crippen molar-refractivity contribution in [2.45, 2.75) is 45.1 Å². The van der Waals surface area contributed by atoms with Gasteiger partial charge in [-0.2, -0.15) is 0 Å². The molecule has 0 aromatic heterocycles. The summed E-state index contributed by atoms with van der Waals surface area (Å²) in [6, 6.07) is 0.838. The van der Waals surface area contributed by atoms with Crippen molar-refractivity contribution in [3.05, 3.63) is 0 Å². The highest BCUT2D eigenvalue weighted by Crippen LogP contribution is 2.16. The van der Waals surface area contributed by atoms with E-state index in [1.807, 2.05) is 0 Å². The van der Waals surface area contributed by atoms with Crippen molar-refractivity contribution < 1.29 is 22.8 Å². The molecule has 0 amide bonds. The number of ether oxygens (including phenoxy) is 2. The molecule has 0 aliphatic rings. The van der Waals surface area contributed by atoms with Crippen molar-refractivity contribution in [3.63, 3.8) is 0 Å². The van der Waals surface area contributed by atoms with Gasteiger partial charge in [0.1, 0.15) is 0 Å². The van der Waals surface area contributed by atoms with Gasteiger partial charge in [-0.1, -0.05) is 6.92 Å². The summed E-state index contributed by atoms with van der Waals surface area (Å²) in [6.45, 7) is 5.44. The molecule has 0 radical (unpaired) electrons. The molecular formula is C14H32O5Si. The van der Waals surface area contributed by atoms with Crippen LogP contribution in [0.2, 0.25) is 6.04 Å². The van der Waals surface area contributed by atoms with Gasteiger partial charge in [-0.25, -0.2) is 0 Å². The van der Waals surface area contributed by atoms with Crippen LogP contribution < -0.4 is 0 Å². The fourth-order valence-corrected chi connectivity index (χ4v) is 3.65. The Kier molecular flexibility index (Phi) is 14.0. The molecule has 0 saturated heterocycles. The maximum Gasteiger partial charge on any atom is 0.500 e. The average Bonchev–Trinajstić information content (AvgIpc) is 2.49. The molecule has 0 spiro atoms. The fraction of sp³-hybridized carbons (Fsp3) is 1.00. The lowest BCUT2D eigenvalue weighted by molar-refractivity contribution is 0.0991. The molecule has 122 valence electrons. The van der Waals surface area contributed by atoms with E-state index in [4.69, 9.17) is 22.8 Å². The first-order valence-corrected chi connectivity index (χ1v) is 9.48. The highest BCUT2D eigenvalue weighted by atomic mass is 28.4. The second-order valence-corrected chi connectivity index (χ2v) is 7.78. The molecule has 20 heavy (non-hydrogen) atoms. The summed E-state index contributed by atoms with van der Waals surface area (Å²) in [5.74, 6) is 0. The molecule has 0 aromatic carbocycles. The van der Waals surface area contributed by atoms with Crippen LogP contribution in [0.15, 0.2) is 0 Å². The molecule has 0 heterocycles. The smallest absolute Gasteiger partial charge is 0.381 e. The molecule has 0 aliphatic carbocycles. The van der Waals surface area contributed by atoms with Gasteiger partial charge in [-0.3, -0.25) is 0 Å². The lowest BCUT2D eigenvalue weighted by Gasteiger charge is -2.24. The van der Waals surface area contributed by atoms with Crippen molar-refractivity contribution in [2.75, 3.05) is 47.8 Å². The molecule has 5 nitrogen and oxygen atoms in total. The van der Waals surface area contributed by atoms with Crippen molar-refractivity contribution in [2.24, 2.45) is 0 Å². The van der Waals surface area contributed by atoms with Crippen molar-refractivity contribution in [1.82, 2.24) is 0 Å². The number of unbranched alkanes of at least 4 members (excludes halogenated alkanes) is 2. The minimum Gasteiger partial charge on any atom is -0.381 e. The Morgan fingerprint density at radius 3 is 1.55 bits per heavy atom. The summed E-state index contributed by atoms with van der Waals surface area (Å²) in [4.78, 5) is 0. The first-order valence-electron chi connectivity index (χ1n) is 7.55. The van der Waals surface area contributed by atoms with Crippen molar-refractivity contribution in [1.29, 1.82) is 0 Å². The summed E-state index contributed by atoms with van der Waals surface area (Å²) in [7, 11) is 2.56. The van der Waals surface area contributed by atoms with E-state index in [2.05, 4.69) is 6.92 Å². The van der Waals surface area contributed by atoms with Crippen LogP contribution in [0.4, 0.5) is 0 Å². The molecule has 0 unspecified atom stereocenters. The second kappa shape index (κ2) is 14.0. The summed E-state index contributed by atoms with van der Waals surface area (Å²) < 4.78 is 27.1. The minimum absolute atomic E-state index is 0.789. The summed E-state index contributed by atoms with van der Waals surface area (Å²) in [5.41, 5.74) is 0. The van der Waals surface area contributed by atoms with Crippen LogP contribution in [0.25, 0.3) is 0 Å². The van der Waals surface area contributed by atoms with Crippen LogP contribution >= 0.6 is 0 Å². The van der Waals surface area contributed by atoms with Gasteiger partial charge in [0.05, 0.1) is 0 Å². The third kappa shape index (κ3) is 9.85. The highest BCUT2D eigenvalue weighted by molar-refractivity contribution is 6.60. The minimum atomic E-state index is -2.38. The number of hydrogen-bond acceptors (Lipinski definition) is 5. The molecular weight excluding hydrogens is 276 g/mol. The maximum absolute atomic E-state index is 5.59. The van der Waals surface area contributed by atoms with E-state index in [9.17, 15) is 0 Å². The van der Waals surface area contributed by atoms with Crippen molar-refractivity contribution in [3.8, 4) is 0 Å². The van der Waals surface area contributed by atoms with Crippen LogP contribution in [0.1, 0.15) is 39.0 Å². The van der Waals surface area contributed by atoms with E-state index < -0.39 is 8.80 Å². The zero-order chi connectivity index (χ0) is 15.1. The largest absolute Gasteiger partial charge is 0.500 e. The van der Waals surface area contributed by atoms with Gasteiger partial charge in [0.15, 0.2) is 0 Å². The first-order chi connectivity index (χ1) is 9.74. The third-order valence-corrected chi connectivity index (χ3v) is 5.96. The summed E-state index contributed by atoms with van der Waals surface area (Å²) in [5, 5.41) is 0. The molecule has 0 saturated carbocycles. The lowest BCUT2D eigenvalue weighted by atomic mass is 10.3. The van der Waals surface area contributed by atoms with E-state index in [1.165, 1.54) is 0 Å². The Morgan fingerprint density at radius 1 is 0.650 bits per heavy atom. The van der Waals surface area contributed by atoms with E-state index in [-0.39, 0.29) is 0 Å². The van der Waals surface area contributed by atoms with Crippen LogP contribution in [0.3, 0.4) is 0 Å². The SMILES string of the molecule is CCCOCCCCOCCCC[Si](OC)(OC)OC. The zero-order valence-electron chi connectivity index (χ0n) is 13.6. The maximum atomic E-state index is 5.59. The fourth-order valence-electron chi connectivity index (χ4n) is 1.86. The van der Waals surface area contributed by atoms with Gasteiger partial charge in [-0.05, 0) is 32.1 Å². The van der Waals surface area contributed by atoms with Crippen LogP contribution in [0, 0.1) is 0 Å². The molecule has 0 aliphatic heterocycles. The average molecular weight is 308 g/mol. The zero-order valence-corrected chi connectivity index (χ0v) is 14.6. The third-order valence-electron chi connectivity index (χ3n) is 3.13.